The predicted molar refractivity (Wildman–Crippen MR) is 49.3 cm³/mol. The van der Waals surface area contributed by atoms with E-state index >= 15 is 0 Å². The van der Waals surface area contributed by atoms with Gasteiger partial charge in [-0.2, -0.15) is 0 Å². The van der Waals surface area contributed by atoms with E-state index in [2.05, 4.69) is 0 Å². The number of hydrogen-bond acceptors (Lipinski definition) is 3. The predicted octanol–water partition coefficient (Wildman–Crippen LogP) is 1.73. The van der Waals surface area contributed by atoms with Crippen LogP contribution in [0.25, 0.3) is 0 Å². The quantitative estimate of drug-likeness (QED) is 0.546. The van der Waals surface area contributed by atoms with Gasteiger partial charge < -0.3 is 9.84 Å². The van der Waals surface area contributed by atoms with E-state index in [1.54, 1.807) is 12.9 Å². The second kappa shape index (κ2) is 4.17. The van der Waals surface area contributed by atoms with Gasteiger partial charge in [0.05, 0.1) is 6.61 Å². The molecule has 1 N–H and O–H groups in total. The molecule has 0 saturated carbocycles. The molecule has 0 aromatic carbocycles. The molecule has 1 unspecified atom stereocenters. The molecule has 70 valence electrons. The van der Waals surface area contributed by atoms with Gasteiger partial charge in [0.25, 0.3) is 0 Å². The van der Waals surface area contributed by atoms with E-state index in [4.69, 9.17) is 16.3 Å². The molecule has 0 saturated heterocycles. The monoisotopic (exact) mass is 200 g/mol. The molecule has 0 amide bonds. The lowest BCUT2D eigenvalue weighted by atomic mass is 10.1. The van der Waals surface area contributed by atoms with Crippen molar-refractivity contribution in [1.29, 1.82) is 0 Å². The fourth-order valence-corrected chi connectivity index (χ4v) is 1.22. The highest BCUT2D eigenvalue weighted by molar-refractivity contribution is 6.25. The van der Waals surface area contributed by atoms with Crippen LogP contribution in [-0.4, -0.2) is 23.0 Å². The van der Waals surface area contributed by atoms with Crippen molar-refractivity contribution >= 4 is 17.5 Å². The minimum atomic E-state index is -0.843. The highest BCUT2D eigenvalue weighted by Gasteiger charge is 2.24. The third-order valence-corrected chi connectivity index (χ3v) is 2.04. The summed E-state index contributed by atoms with van der Waals surface area (Å²) >= 11 is 5.73. The first-order valence-electron chi connectivity index (χ1n) is 3.83. The van der Waals surface area contributed by atoms with Gasteiger partial charge in [-0.1, -0.05) is 0 Å². The Labute approximate surface area is 81.0 Å². The van der Waals surface area contributed by atoms with Crippen LogP contribution < -0.4 is 0 Å². The van der Waals surface area contributed by atoms with E-state index in [-0.39, 0.29) is 11.3 Å². The average Bonchev–Trinajstić information content (AvgIpc) is 2.12. The van der Waals surface area contributed by atoms with E-state index in [0.717, 1.165) is 0 Å². The minimum Gasteiger partial charge on any atom is -0.510 e. The summed E-state index contributed by atoms with van der Waals surface area (Å²) in [6.45, 7) is 2.24. The first-order valence-corrected chi connectivity index (χ1v) is 4.27. The van der Waals surface area contributed by atoms with E-state index in [9.17, 15) is 9.90 Å². The van der Waals surface area contributed by atoms with Gasteiger partial charge >= 0.3 is 0 Å². The fourth-order valence-electron chi connectivity index (χ4n) is 0.992. The summed E-state index contributed by atoms with van der Waals surface area (Å²) in [5, 5.41) is 8.35. The number of rotatable bonds is 2. The van der Waals surface area contributed by atoms with Crippen LogP contribution in [0.1, 0.15) is 6.92 Å². The third-order valence-electron chi connectivity index (χ3n) is 1.59. The van der Waals surface area contributed by atoms with Crippen molar-refractivity contribution in [3.05, 3.63) is 29.2 Å². The van der Waals surface area contributed by atoms with Crippen molar-refractivity contribution < 1.29 is 14.6 Å². The lowest BCUT2D eigenvalue weighted by molar-refractivity contribution is 0.234. The summed E-state index contributed by atoms with van der Waals surface area (Å²) in [7, 11) is 0. The number of ether oxygens (including phenoxy) is 1. The highest BCUT2D eigenvalue weighted by Crippen LogP contribution is 2.26. The van der Waals surface area contributed by atoms with Crippen molar-refractivity contribution in [2.45, 2.75) is 12.3 Å². The largest absolute Gasteiger partial charge is 0.510 e. The van der Waals surface area contributed by atoms with Gasteiger partial charge in [-0.15, -0.1) is 11.6 Å². The molecule has 1 aliphatic carbocycles. The molecule has 4 heteroatoms. The highest BCUT2D eigenvalue weighted by atomic mass is 35.5. The Bertz CT molecular complexity index is 311. The maximum absolute atomic E-state index is 10.5. The standard InChI is InChI=1S/C9H9ClO3/c1-2-13-8-4-3-7(12)9(10)6(8)5-11/h3-4,9,12H,2H2,1H3. The first kappa shape index (κ1) is 9.90. The molecular formula is C9H9ClO3. The minimum absolute atomic E-state index is 0.0662. The third kappa shape index (κ3) is 1.94. The van der Waals surface area contributed by atoms with Crippen molar-refractivity contribution in [1.82, 2.24) is 0 Å². The molecule has 13 heavy (non-hydrogen) atoms. The van der Waals surface area contributed by atoms with Gasteiger partial charge in [-0.25, -0.2) is 4.79 Å². The maximum atomic E-state index is 10.5. The van der Waals surface area contributed by atoms with Crippen LogP contribution in [0.2, 0.25) is 0 Å². The molecule has 0 aromatic rings. The fraction of sp³-hybridized carbons (Fsp3) is 0.333. The Balaban J connectivity index is 3.00. The van der Waals surface area contributed by atoms with Crippen molar-refractivity contribution in [2.75, 3.05) is 6.61 Å². The summed E-state index contributed by atoms with van der Waals surface area (Å²) in [5.41, 5.74) is 0.142. The number of halogens is 1. The Hall–Kier alpha value is -1.18. The first-order chi connectivity index (χ1) is 6.20. The Kier molecular flexibility index (Phi) is 3.18. The summed E-state index contributed by atoms with van der Waals surface area (Å²) in [5.74, 6) is 1.96. The van der Waals surface area contributed by atoms with Crippen LogP contribution in [0.4, 0.5) is 0 Å². The Morgan fingerprint density at radius 3 is 2.92 bits per heavy atom. The molecule has 1 rings (SSSR count). The second-order valence-corrected chi connectivity index (χ2v) is 2.87. The van der Waals surface area contributed by atoms with Crippen LogP contribution in [0, 0.1) is 0 Å². The molecule has 3 nitrogen and oxygen atoms in total. The summed E-state index contributed by atoms with van der Waals surface area (Å²) in [6.07, 6.45) is 2.90. The molecular weight excluding hydrogens is 192 g/mol. The SMILES string of the molecule is CCOC1=CC=C(O)C(Cl)C1=C=O. The van der Waals surface area contributed by atoms with Gasteiger partial charge in [-0.3, -0.25) is 0 Å². The van der Waals surface area contributed by atoms with Crippen LogP contribution in [0.3, 0.4) is 0 Å². The van der Waals surface area contributed by atoms with Crippen molar-refractivity contribution in [3.63, 3.8) is 0 Å². The van der Waals surface area contributed by atoms with Gasteiger partial charge in [0.1, 0.15) is 28.4 Å². The van der Waals surface area contributed by atoms with Crippen LogP contribution in [-0.2, 0) is 9.53 Å². The van der Waals surface area contributed by atoms with Crippen LogP contribution >= 0.6 is 11.6 Å². The van der Waals surface area contributed by atoms with Gasteiger partial charge in [0, 0.05) is 0 Å². The van der Waals surface area contributed by atoms with E-state index in [0.29, 0.717) is 12.4 Å². The van der Waals surface area contributed by atoms with Crippen LogP contribution in [0.5, 0.6) is 0 Å². The smallest absolute Gasteiger partial charge is 0.135 e. The maximum Gasteiger partial charge on any atom is 0.135 e. The average molecular weight is 201 g/mol. The molecule has 1 aliphatic rings. The van der Waals surface area contributed by atoms with E-state index in [1.807, 2.05) is 0 Å². The molecule has 0 radical (unpaired) electrons. The second-order valence-electron chi connectivity index (χ2n) is 2.43. The Morgan fingerprint density at radius 1 is 1.69 bits per heavy atom. The zero-order valence-corrected chi connectivity index (χ0v) is 7.84. The lowest BCUT2D eigenvalue weighted by Crippen LogP contribution is -2.14. The molecule has 1 atom stereocenters. The number of aliphatic hydroxyl groups excluding tert-OH is 1. The van der Waals surface area contributed by atoms with Crippen LogP contribution in [0.15, 0.2) is 29.2 Å². The van der Waals surface area contributed by atoms with Gasteiger partial charge in [-0.05, 0) is 19.1 Å². The van der Waals surface area contributed by atoms with E-state index in [1.165, 1.54) is 12.2 Å². The normalized spacial score (nSPS) is 21.7. The van der Waals surface area contributed by atoms with Crippen molar-refractivity contribution in [2.24, 2.45) is 0 Å². The summed E-state index contributed by atoms with van der Waals surface area (Å²) in [6, 6.07) is 0. The number of allylic oxidation sites excluding steroid dienone is 4. The molecule has 0 spiro atoms. The van der Waals surface area contributed by atoms with Crippen molar-refractivity contribution in [3.8, 4) is 0 Å². The van der Waals surface area contributed by atoms with Gasteiger partial charge in [0.2, 0.25) is 0 Å². The molecule has 0 heterocycles. The topological polar surface area (TPSA) is 46.5 Å². The number of carbonyl (C=O) groups excluding carboxylic acids is 1. The molecule has 0 aliphatic heterocycles. The van der Waals surface area contributed by atoms with E-state index < -0.39 is 5.38 Å². The molecule has 0 bridgehead atoms. The Morgan fingerprint density at radius 2 is 2.38 bits per heavy atom. The lowest BCUT2D eigenvalue weighted by Gasteiger charge is -2.16. The summed E-state index contributed by atoms with van der Waals surface area (Å²) < 4.78 is 5.13. The summed E-state index contributed by atoms with van der Waals surface area (Å²) in [4.78, 5) is 10.5. The number of hydrogen-bond donors (Lipinski definition) is 1. The number of alkyl halides is 1. The zero-order valence-electron chi connectivity index (χ0n) is 7.08. The van der Waals surface area contributed by atoms with Gasteiger partial charge in [0.15, 0.2) is 0 Å². The molecule has 0 fully saturated rings. The number of aliphatic hydroxyl groups is 1. The molecule has 0 aromatic heterocycles. The zero-order chi connectivity index (χ0) is 9.84.